The van der Waals surface area contributed by atoms with E-state index in [0.717, 1.165) is 22.3 Å². The number of hydrogen-bond donors (Lipinski definition) is 1. The number of pyridine rings is 1. The fraction of sp³-hybridized carbons (Fsp3) is 0.214. The maximum atomic E-state index is 13.4. The van der Waals surface area contributed by atoms with Crippen molar-refractivity contribution in [1.82, 2.24) is 4.98 Å². The van der Waals surface area contributed by atoms with Crippen LogP contribution in [0.1, 0.15) is 24.1 Å². The standard InChI is InChI=1S/C14H15FN2/c1-9-8-17-6-5-12(9)14-7-11(15)3-4-13(14)10(2)16/h3-8,10H,16H2,1-2H3. The number of hydrogen-bond acceptors (Lipinski definition) is 2. The Morgan fingerprint density at radius 2 is 2.00 bits per heavy atom. The number of aromatic nitrogens is 1. The number of rotatable bonds is 2. The van der Waals surface area contributed by atoms with Crippen LogP contribution in [-0.4, -0.2) is 4.98 Å². The van der Waals surface area contributed by atoms with Crippen LogP contribution >= 0.6 is 0 Å². The first-order valence-corrected chi connectivity index (χ1v) is 5.55. The van der Waals surface area contributed by atoms with Crippen molar-refractivity contribution in [2.24, 2.45) is 5.73 Å². The van der Waals surface area contributed by atoms with E-state index in [4.69, 9.17) is 5.73 Å². The Bertz CT molecular complexity index is 535. The van der Waals surface area contributed by atoms with Crippen molar-refractivity contribution < 1.29 is 4.39 Å². The van der Waals surface area contributed by atoms with E-state index in [1.165, 1.54) is 12.1 Å². The molecule has 1 aromatic heterocycles. The molecule has 0 saturated heterocycles. The highest BCUT2D eigenvalue weighted by Gasteiger charge is 2.11. The topological polar surface area (TPSA) is 38.9 Å². The quantitative estimate of drug-likeness (QED) is 0.860. The molecule has 0 aliphatic rings. The van der Waals surface area contributed by atoms with Gasteiger partial charge in [0.15, 0.2) is 0 Å². The van der Waals surface area contributed by atoms with Gasteiger partial charge in [-0.2, -0.15) is 0 Å². The Hall–Kier alpha value is -1.74. The molecule has 1 aromatic carbocycles. The van der Waals surface area contributed by atoms with E-state index < -0.39 is 0 Å². The predicted molar refractivity (Wildman–Crippen MR) is 67.0 cm³/mol. The molecule has 0 aliphatic carbocycles. The molecule has 3 heteroatoms. The van der Waals surface area contributed by atoms with E-state index in [0.29, 0.717) is 0 Å². The molecule has 2 N–H and O–H groups in total. The number of aryl methyl sites for hydroxylation is 1. The normalized spacial score (nSPS) is 12.5. The Morgan fingerprint density at radius 1 is 1.24 bits per heavy atom. The molecule has 17 heavy (non-hydrogen) atoms. The fourth-order valence-corrected chi connectivity index (χ4v) is 1.93. The number of benzene rings is 1. The fourth-order valence-electron chi connectivity index (χ4n) is 1.93. The van der Waals surface area contributed by atoms with Gasteiger partial charge in [-0.1, -0.05) is 6.07 Å². The van der Waals surface area contributed by atoms with Gasteiger partial charge in [0.05, 0.1) is 0 Å². The third-order valence-electron chi connectivity index (χ3n) is 2.82. The molecule has 1 unspecified atom stereocenters. The van der Waals surface area contributed by atoms with Crippen molar-refractivity contribution in [2.75, 3.05) is 0 Å². The lowest BCUT2D eigenvalue weighted by Crippen LogP contribution is -2.07. The van der Waals surface area contributed by atoms with Crippen molar-refractivity contribution in [3.8, 4) is 11.1 Å². The maximum Gasteiger partial charge on any atom is 0.123 e. The summed E-state index contributed by atoms with van der Waals surface area (Å²) >= 11 is 0. The van der Waals surface area contributed by atoms with Gasteiger partial charge in [-0.3, -0.25) is 4.98 Å². The molecule has 2 aromatic rings. The van der Waals surface area contributed by atoms with Gasteiger partial charge in [0.25, 0.3) is 0 Å². The monoisotopic (exact) mass is 230 g/mol. The van der Waals surface area contributed by atoms with Crippen LogP contribution in [0.25, 0.3) is 11.1 Å². The molecule has 0 spiro atoms. The summed E-state index contributed by atoms with van der Waals surface area (Å²) < 4.78 is 13.4. The van der Waals surface area contributed by atoms with Crippen LogP contribution in [0.5, 0.6) is 0 Å². The molecule has 1 atom stereocenters. The first-order chi connectivity index (χ1) is 8.09. The Balaban J connectivity index is 2.65. The average molecular weight is 230 g/mol. The molecule has 0 aliphatic heterocycles. The zero-order valence-electron chi connectivity index (χ0n) is 9.94. The van der Waals surface area contributed by atoms with Crippen LogP contribution in [0.4, 0.5) is 4.39 Å². The van der Waals surface area contributed by atoms with Gasteiger partial charge in [-0.15, -0.1) is 0 Å². The summed E-state index contributed by atoms with van der Waals surface area (Å²) in [5.41, 5.74) is 9.70. The van der Waals surface area contributed by atoms with Gasteiger partial charge in [-0.05, 0) is 54.3 Å². The summed E-state index contributed by atoms with van der Waals surface area (Å²) in [6.07, 6.45) is 3.48. The van der Waals surface area contributed by atoms with E-state index in [-0.39, 0.29) is 11.9 Å². The zero-order valence-corrected chi connectivity index (χ0v) is 9.94. The van der Waals surface area contributed by atoms with Crippen LogP contribution in [0.3, 0.4) is 0 Å². The van der Waals surface area contributed by atoms with Crippen LogP contribution in [0, 0.1) is 12.7 Å². The summed E-state index contributed by atoms with van der Waals surface area (Å²) in [7, 11) is 0. The summed E-state index contributed by atoms with van der Waals surface area (Å²) in [5, 5.41) is 0. The van der Waals surface area contributed by atoms with Gasteiger partial charge in [0.2, 0.25) is 0 Å². The highest BCUT2D eigenvalue weighted by molar-refractivity contribution is 5.70. The number of nitrogens with two attached hydrogens (primary N) is 1. The second-order valence-electron chi connectivity index (χ2n) is 4.21. The first-order valence-electron chi connectivity index (χ1n) is 5.55. The van der Waals surface area contributed by atoms with Crippen molar-refractivity contribution >= 4 is 0 Å². The van der Waals surface area contributed by atoms with Crippen molar-refractivity contribution in [2.45, 2.75) is 19.9 Å². The lowest BCUT2D eigenvalue weighted by molar-refractivity contribution is 0.626. The highest BCUT2D eigenvalue weighted by atomic mass is 19.1. The van der Waals surface area contributed by atoms with Gasteiger partial charge in [-0.25, -0.2) is 4.39 Å². The minimum Gasteiger partial charge on any atom is -0.324 e. The summed E-state index contributed by atoms with van der Waals surface area (Å²) in [6.45, 7) is 3.85. The molecule has 0 amide bonds. The minimum absolute atomic E-state index is 0.127. The second-order valence-corrected chi connectivity index (χ2v) is 4.21. The van der Waals surface area contributed by atoms with Crippen LogP contribution in [0.15, 0.2) is 36.7 Å². The number of halogens is 1. The lowest BCUT2D eigenvalue weighted by Gasteiger charge is -2.14. The summed E-state index contributed by atoms with van der Waals surface area (Å²) in [5.74, 6) is -0.249. The van der Waals surface area contributed by atoms with Crippen molar-refractivity contribution in [3.05, 3.63) is 53.6 Å². The molecule has 2 rings (SSSR count). The molecule has 88 valence electrons. The third kappa shape index (κ3) is 2.34. The zero-order chi connectivity index (χ0) is 12.4. The highest BCUT2D eigenvalue weighted by Crippen LogP contribution is 2.29. The van der Waals surface area contributed by atoms with E-state index in [1.54, 1.807) is 18.5 Å². The predicted octanol–water partition coefficient (Wildman–Crippen LogP) is 3.22. The molecular formula is C14H15FN2. The van der Waals surface area contributed by atoms with Crippen LogP contribution in [0.2, 0.25) is 0 Å². The Kier molecular flexibility index (Phi) is 3.20. The Labute approximate surface area is 100 Å². The summed E-state index contributed by atoms with van der Waals surface area (Å²) in [4.78, 5) is 4.04. The second kappa shape index (κ2) is 4.63. The molecule has 2 nitrogen and oxygen atoms in total. The van der Waals surface area contributed by atoms with Crippen molar-refractivity contribution in [1.29, 1.82) is 0 Å². The third-order valence-corrected chi connectivity index (χ3v) is 2.82. The first kappa shape index (κ1) is 11.7. The van der Waals surface area contributed by atoms with Gasteiger partial charge in [0.1, 0.15) is 5.82 Å². The van der Waals surface area contributed by atoms with Gasteiger partial charge in [0, 0.05) is 18.4 Å². The van der Waals surface area contributed by atoms with E-state index in [9.17, 15) is 4.39 Å². The largest absolute Gasteiger partial charge is 0.324 e. The van der Waals surface area contributed by atoms with E-state index in [2.05, 4.69) is 4.98 Å². The smallest absolute Gasteiger partial charge is 0.123 e. The van der Waals surface area contributed by atoms with Gasteiger partial charge >= 0.3 is 0 Å². The molecule has 0 radical (unpaired) electrons. The minimum atomic E-state index is -0.249. The molecular weight excluding hydrogens is 215 g/mol. The number of nitrogens with zero attached hydrogens (tertiary/aromatic N) is 1. The van der Waals surface area contributed by atoms with E-state index >= 15 is 0 Å². The lowest BCUT2D eigenvalue weighted by atomic mass is 9.94. The molecule has 0 fully saturated rings. The molecule has 1 heterocycles. The van der Waals surface area contributed by atoms with E-state index in [1.807, 2.05) is 19.9 Å². The molecule has 0 bridgehead atoms. The Morgan fingerprint density at radius 3 is 2.65 bits per heavy atom. The molecule has 0 saturated carbocycles. The van der Waals surface area contributed by atoms with Crippen LogP contribution in [-0.2, 0) is 0 Å². The SMILES string of the molecule is Cc1cnccc1-c1cc(F)ccc1C(C)N. The van der Waals surface area contributed by atoms with Crippen molar-refractivity contribution in [3.63, 3.8) is 0 Å². The maximum absolute atomic E-state index is 13.4. The average Bonchev–Trinajstić information content (AvgIpc) is 2.29. The summed E-state index contributed by atoms with van der Waals surface area (Å²) in [6, 6.07) is 6.48. The van der Waals surface area contributed by atoms with Gasteiger partial charge < -0.3 is 5.73 Å². The van der Waals surface area contributed by atoms with Crippen LogP contribution < -0.4 is 5.73 Å².